The molecule has 27 heavy (non-hydrogen) atoms. The summed E-state index contributed by atoms with van der Waals surface area (Å²) < 4.78 is 39.9. The van der Waals surface area contributed by atoms with Crippen molar-refractivity contribution in [1.29, 1.82) is 0 Å². The van der Waals surface area contributed by atoms with Crippen LogP contribution in [0, 0.1) is 5.92 Å². The van der Waals surface area contributed by atoms with Crippen LogP contribution in [0.1, 0.15) is 31.1 Å². The van der Waals surface area contributed by atoms with Gasteiger partial charge < -0.3 is 19.5 Å². The zero-order valence-corrected chi connectivity index (χ0v) is 15.5. The minimum atomic E-state index is -2.89. The molecule has 0 aromatic heterocycles. The largest absolute Gasteiger partial charge is 0.490 e. The van der Waals surface area contributed by atoms with E-state index >= 15 is 0 Å². The summed E-state index contributed by atoms with van der Waals surface area (Å²) in [5, 5.41) is 2.70. The van der Waals surface area contributed by atoms with E-state index < -0.39 is 6.61 Å². The van der Waals surface area contributed by atoms with Gasteiger partial charge in [0.1, 0.15) is 5.75 Å². The van der Waals surface area contributed by atoms with Crippen LogP contribution in [0.25, 0.3) is 0 Å². The minimum Gasteiger partial charge on any atom is -0.490 e. The zero-order valence-electron chi connectivity index (χ0n) is 15.5. The normalized spacial score (nSPS) is 10.8. The Labute approximate surface area is 157 Å². The zero-order chi connectivity index (χ0) is 19.8. The Bertz CT molecular complexity index is 748. The van der Waals surface area contributed by atoms with Gasteiger partial charge in [0, 0.05) is 11.3 Å². The lowest BCUT2D eigenvalue weighted by Gasteiger charge is -2.14. The van der Waals surface area contributed by atoms with Gasteiger partial charge in [-0.05, 0) is 55.3 Å². The lowest BCUT2D eigenvalue weighted by molar-refractivity contribution is -0.0498. The molecule has 0 aliphatic rings. The summed E-state index contributed by atoms with van der Waals surface area (Å²) in [7, 11) is 0. The fourth-order valence-electron chi connectivity index (χ4n) is 2.22. The maximum atomic E-state index is 12.5. The number of carbonyl (C=O) groups is 1. The molecule has 2 aromatic carbocycles. The predicted molar refractivity (Wildman–Crippen MR) is 99.0 cm³/mol. The number of anilines is 1. The smallest absolute Gasteiger partial charge is 0.387 e. The summed E-state index contributed by atoms with van der Waals surface area (Å²) in [6.45, 7) is 4.02. The van der Waals surface area contributed by atoms with E-state index in [0.29, 0.717) is 41.9 Å². The summed E-state index contributed by atoms with van der Waals surface area (Å²) in [5.41, 5.74) is 0.850. The first-order chi connectivity index (χ1) is 12.9. The SMILES string of the molecule is CCOc1cc(C(=O)Nc2ccc(OC(F)F)cc2)ccc1OCC(C)C. The van der Waals surface area contributed by atoms with Crippen molar-refractivity contribution in [3.05, 3.63) is 48.0 Å². The van der Waals surface area contributed by atoms with E-state index in [4.69, 9.17) is 9.47 Å². The van der Waals surface area contributed by atoms with Gasteiger partial charge in [-0.15, -0.1) is 0 Å². The first kappa shape index (κ1) is 20.5. The van der Waals surface area contributed by atoms with Crippen LogP contribution in [-0.4, -0.2) is 25.7 Å². The van der Waals surface area contributed by atoms with Crippen LogP contribution in [0.3, 0.4) is 0 Å². The molecule has 0 fully saturated rings. The summed E-state index contributed by atoms with van der Waals surface area (Å²) in [4.78, 5) is 12.5. The number of hydrogen-bond donors (Lipinski definition) is 1. The number of benzene rings is 2. The Morgan fingerprint density at radius 1 is 1.04 bits per heavy atom. The number of hydrogen-bond acceptors (Lipinski definition) is 4. The molecule has 0 atom stereocenters. The summed E-state index contributed by atoms with van der Waals surface area (Å²) in [6.07, 6.45) is 0. The Morgan fingerprint density at radius 2 is 1.74 bits per heavy atom. The quantitative estimate of drug-likeness (QED) is 0.668. The van der Waals surface area contributed by atoms with E-state index in [1.165, 1.54) is 24.3 Å². The Kier molecular flexibility index (Phi) is 7.40. The molecule has 5 nitrogen and oxygen atoms in total. The molecular weight excluding hydrogens is 356 g/mol. The first-order valence-electron chi connectivity index (χ1n) is 8.65. The second kappa shape index (κ2) is 9.75. The van der Waals surface area contributed by atoms with Crippen LogP contribution in [0.4, 0.5) is 14.5 Å². The third-order valence-corrected chi connectivity index (χ3v) is 3.42. The van der Waals surface area contributed by atoms with Gasteiger partial charge in [-0.3, -0.25) is 4.79 Å². The van der Waals surface area contributed by atoms with Crippen LogP contribution >= 0.6 is 0 Å². The molecule has 1 N–H and O–H groups in total. The van der Waals surface area contributed by atoms with Gasteiger partial charge in [-0.2, -0.15) is 8.78 Å². The molecule has 0 heterocycles. The van der Waals surface area contributed by atoms with Crippen molar-refractivity contribution < 1.29 is 27.8 Å². The Hall–Kier alpha value is -2.83. The van der Waals surface area contributed by atoms with E-state index in [1.807, 2.05) is 20.8 Å². The average Bonchev–Trinajstić information content (AvgIpc) is 2.62. The molecule has 0 aliphatic carbocycles. The fraction of sp³-hybridized carbons (Fsp3) is 0.350. The lowest BCUT2D eigenvalue weighted by atomic mass is 10.1. The molecule has 1 amide bonds. The number of halogens is 2. The van der Waals surface area contributed by atoms with E-state index in [2.05, 4.69) is 10.1 Å². The Morgan fingerprint density at radius 3 is 2.33 bits per heavy atom. The van der Waals surface area contributed by atoms with Crippen LogP contribution in [0.15, 0.2) is 42.5 Å². The topological polar surface area (TPSA) is 56.8 Å². The van der Waals surface area contributed by atoms with Crippen molar-refractivity contribution in [2.75, 3.05) is 18.5 Å². The van der Waals surface area contributed by atoms with Gasteiger partial charge >= 0.3 is 6.61 Å². The van der Waals surface area contributed by atoms with Gasteiger partial charge in [-0.25, -0.2) is 0 Å². The summed E-state index contributed by atoms with van der Waals surface area (Å²) >= 11 is 0. The van der Waals surface area contributed by atoms with Gasteiger partial charge in [0.2, 0.25) is 0 Å². The summed E-state index contributed by atoms with van der Waals surface area (Å²) in [5.74, 6) is 1.10. The number of alkyl halides is 2. The van der Waals surface area contributed by atoms with Crippen LogP contribution in [0.5, 0.6) is 17.2 Å². The standard InChI is InChI=1S/C20H23F2NO4/c1-4-25-18-11-14(5-10-17(18)26-12-13(2)3)19(24)23-15-6-8-16(9-7-15)27-20(21)22/h5-11,13,20H,4,12H2,1-3H3,(H,23,24). The van der Waals surface area contributed by atoms with E-state index in [9.17, 15) is 13.6 Å². The second-order valence-corrected chi connectivity index (χ2v) is 6.16. The molecule has 146 valence electrons. The summed E-state index contributed by atoms with van der Waals surface area (Å²) in [6, 6.07) is 10.6. The van der Waals surface area contributed by atoms with Crippen molar-refractivity contribution in [2.45, 2.75) is 27.4 Å². The van der Waals surface area contributed by atoms with Crippen LogP contribution in [-0.2, 0) is 0 Å². The van der Waals surface area contributed by atoms with Crippen molar-refractivity contribution in [1.82, 2.24) is 0 Å². The van der Waals surface area contributed by atoms with Crippen molar-refractivity contribution in [2.24, 2.45) is 5.92 Å². The van der Waals surface area contributed by atoms with Gasteiger partial charge in [0.05, 0.1) is 13.2 Å². The lowest BCUT2D eigenvalue weighted by Crippen LogP contribution is -2.13. The number of amides is 1. The highest BCUT2D eigenvalue weighted by molar-refractivity contribution is 6.04. The molecule has 7 heteroatoms. The van der Waals surface area contributed by atoms with E-state index in [-0.39, 0.29) is 11.7 Å². The van der Waals surface area contributed by atoms with Gasteiger partial charge in [-0.1, -0.05) is 13.8 Å². The molecule has 0 saturated heterocycles. The molecule has 0 radical (unpaired) electrons. The molecule has 0 saturated carbocycles. The molecule has 2 aromatic rings. The third-order valence-electron chi connectivity index (χ3n) is 3.42. The van der Waals surface area contributed by atoms with Crippen molar-refractivity contribution in [3.63, 3.8) is 0 Å². The highest BCUT2D eigenvalue weighted by atomic mass is 19.3. The molecule has 2 rings (SSSR count). The van der Waals surface area contributed by atoms with Crippen LogP contribution < -0.4 is 19.5 Å². The Balaban J connectivity index is 2.09. The molecule has 0 unspecified atom stereocenters. The molecule has 0 spiro atoms. The predicted octanol–water partition coefficient (Wildman–Crippen LogP) is 4.97. The number of carbonyl (C=O) groups excluding carboxylic acids is 1. The highest BCUT2D eigenvalue weighted by Gasteiger charge is 2.13. The monoisotopic (exact) mass is 379 g/mol. The van der Waals surface area contributed by atoms with Gasteiger partial charge in [0.25, 0.3) is 5.91 Å². The maximum absolute atomic E-state index is 12.5. The molecule has 0 aliphatic heterocycles. The molecular formula is C20H23F2NO4. The highest BCUT2D eigenvalue weighted by Crippen LogP contribution is 2.29. The van der Waals surface area contributed by atoms with Gasteiger partial charge in [0.15, 0.2) is 11.5 Å². The number of nitrogens with one attached hydrogen (secondary N) is 1. The first-order valence-corrected chi connectivity index (χ1v) is 8.65. The second-order valence-electron chi connectivity index (χ2n) is 6.16. The fourth-order valence-corrected chi connectivity index (χ4v) is 2.22. The third kappa shape index (κ3) is 6.44. The molecule has 0 bridgehead atoms. The minimum absolute atomic E-state index is 0.0216. The number of rotatable bonds is 9. The maximum Gasteiger partial charge on any atom is 0.387 e. The van der Waals surface area contributed by atoms with E-state index in [1.54, 1.807) is 18.2 Å². The van der Waals surface area contributed by atoms with E-state index in [0.717, 1.165) is 0 Å². The average molecular weight is 379 g/mol. The van der Waals surface area contributed by atoms with Crippen LogP contribution in [0.2, 0.25) is 0 Å². The van der Waals surface area contributed by atoms with Crippen molar-refractivity contribution >= 4 is 11.6 Å². The van der Waals surface area contributed by atoms with Crippen molar-refractivity contribution in [3.8, 4) is 17.2 Å². The number of ether oxygens (including phenoxy) is 3.